The highest BCUT2D eigenvalue weighted by Gasteiger charge is 2.25. The van der Waals surface area contributed by atoms with Gasteiger partial charge < -0.3 is 15.5 Å². The zero-order valence-electron chi connectivity index (χ0n) is 18.0. The molecule has 0 aliphatic carbocycles. The number of hydrogen-bond donors (Lipinski definition) is 2. The number of aryl methyl sites for hydroxylation is 1. The lowest BCUT2D eigenvalue weighted by molar-refractivity contribution is -0.119. The van der Waals surface area contributed by atoms with Crippen LogP contribution in [0, 0.1) is 12.7 Å². The van der Waals surface area contributed by atoms with Crippen molar-refractivity contribution in [3.05, 3.63) is 89.7 Å². The summed E-state index contributed by atoms with van der Waals surface area (Å²) in [6.07, 6.45) is 2.47. The SMILES string of the molecule is Cc1cc(NC(=O)C(Nc2ccccc2)c2ccccc2F)ccc1N1CCCCC1=O. The molecule has 5 nitrogen and oxygen atoms in total. The van der Waals surface area contributed by atoms with Crippen molar-refractivity contribution >= 4 is 28.9 Å². The molecule has 0 spiro atoms. The topological polar surface area (TPSA) is 61.4 Å². The van der Waals surface area contributed by atoms with Gasteiger partial charge in [-0.2, -0.15) is 0 Å². The molecule has 32 heavy (non-hydrogen) atoms. The maximum absolute atomic E-state index is 14.5. The number of benzene rings is 3. The number of halogens is 1. The van der Waals surface area contributed by atoms with Crippen LogP contribution in [0.4, 0.5) is 21.5 Å². The first-order chi connectivity index (χ1) is 15.5. The van der Waals surface area contributed by atoms with Crippen molar-refractivity contribution in [3.8, 4) is 0 Å². The van der Waals surface area contributed by atoms with Gasteiger partial charge in [0.25, 0.3) is 5.91 Å². The molecule has 4 rings (SSSR count). The zero-order chi connectivity index (χ0) is 22.5. The normalized spacial score (nSPS) is 14.7. The Morgan fingerprint density at radius 1 is 0.969 bits per heavy atom. The molecule has 0 radical (unpaired) electrons. The van der Waals surface area contributed by atoms with Crippen molar-refractivity contribution in [1.82, 2.24) is 0 Å². The predicted octanol–water partition coefficient (Wildman–Crippen LogP) is 5.44. The third-order valence-electron chi connectivity index (χ3n) is 5.64. The number of piperidine rings is 1. The molecule has 2 N–H and O–H groups in total. The number of nitrogens with one attached hydrogen (secondary N) is 2. The highest BCUT2D eigenvalue weighted by atomic mass is 19.1. The summed E-state index contributed by atoms with van der Waals surface area (Å²) in [7, 11) is 0. The highest BCUT2D eigenvalue weighted by molar-refractivity contribution is 5.98. The number of para-hydroxylation sites is 1. The Morgan fingerprint density at radius 3 is 2.44 bits per heavy atom. The second-order valence-electron chi connectivity index (χ2n) is 7.96. The largest absolute Gasteiger partial charge is 0.370 e. The number of anilines is 3. The van der Waals surface area contributed by atoms with E-state index in [4.69, 9.17) is 0 Å². The Labute approximate surface area is 187 Å². The maximum atomic E-state index is 14.5. The molecule has 0 bridgehead atoms. The van der Waals surface area contributed by atoms with Gasteiger partial charge in [-0.1, -0.05) is 36.4 Å². The first kappa shape index (κ1) is 21.6. The van der Waals surface area contributed by atoms with E-state index < -0.39 is 11.9 Å². The molecule has 164 valence electrons. The van der Waals surface area contributed by atoms with E-state index in [1.807, 2.05) is 54.3 Å². The van der Waals surface area contributed by atoms with Crippen molar-refractivity contribution in [1.29, 1.82) is 0 Å². The molecule has 3 aromatic rings. The Kier molecular flexibility index (Phi) is 6.50. The average Bonchev–Trinajstić information content (AvgIpc) is 2.79. The van der Waals surface area contributed by atoms with Crippen molar-refractivity contribution in [2.75, 3.05) is 22.1 Å². The van der Waals surface area contributed by atoms with Gasteiger partial charge in [-0.05, 0) is 61.7 Å². The van der Waals surface area contributed by atoms with Crippen LogP contribution >= 0.6 is 0 Å². The predicted molar refractivity (Wildman–Crippen MR) is 125 cm³/mol. The summed E-state index contributed by atoms with van der Waals surface area (Å²) in [5, 5.41) is 6.03. The van der Waals surface area contributed by atoms with Crippen LogP contribution in [0.2, 0.25) is 0 Å². The van der Waals surface area contributed by atoms with E-state index in [1.54, 1.807) is 24.3 Å². The smallest absolute Gasteiger partial charge is 0.251 e. The van der Waals surface area contributed by atoms with Crippen molar-refractivity contribution in [2.45, 2.75) is 32.2 Å². The molecule has 1 saturated heterocycles. The third kappa shape index (κ3) is 4.80. The Bertz CT molecular complexity index is 1120. The molecule has 2 amide bonds. The number of hydrogen-bond acceptors (Lipinski definition) is 3. The molecule has 1 aliphatic rings. The third-order valence-corrected chi connectivity index (χ3v) is 5.64. The molecule has 1 fully saturated rings. The fourth-order valence-electron chi connectivity index (χ4n) is 4.01. The van der Waals surface area contributed by atoms with E-state index in [2.05, 4.69) is 10.6 Å². The summed E-state index contributed by atoms with van der Waals surface area (Å²) in [6.45, 7) is 2.63. The van der Waals surface area contributed by atoms with E-state index in [9.17, 15) is 14.0 Å². The minimum atomic E-state index is -0.915. The summed E-state index contributed by atoms with van der Waals surface area (Å²) in [5.74, 6) is -0.700. The molecule has 1 aliphatic heterocycles. The quantitative estimate of drug-likeness (QED) is 0.546. The minimum absolute atomic E-state index is 0.128. The molecule has 1 atom stereocenters. The van der Waals surface area contributed by atoms with Crippen LogP contribution in [0.5, 0.6) is 0 Å². The fourth-order valence-corrected chi connectivity index (χ4v) is 4.01. The summed E-state index contributed by atoms with van der Waals surface area (Å²) < 4.78 is 14.5. The van der Waals surface area contributed by atoms with Gasteiger partial charge in [0.05, 0.1) is 0 Å². The molecule has 0 saturated carbocycles. The van der Waals surface area contributed by atoms with E-state index in [0.717, 1.165) is 24.1 Å². The van der Waals surface area contributed by atoms with Crippen molar-refractivity contribution in [3.63, 3.8) is 0 Å². The summed E-state index contributed by atoms with van der Waals surface area (Å²) in [4.78, 5) is 27.3. The van der Waals surface area contributed by atoms with Crippen LogP contribution in [-0.4, -0.2) is 18.4 Å². The molecule has 1 heterocycles. The van der Waals surface area contributed by atoms with Gasteiger partial charge in [0, 0.05) is 35.6 Å². The average molecular weight is 432 g/mol. The van der Waals surface area contributed by atoms with Gasteiger partial charge in [-0.25, -0.2) is 4.39 Å². The number of nitrogens with zero attached hydrogens (tertiary/aromatic N) is 1. The Balaban J connectivity index is 1.57. The number of carbonyl (C=O) groups excluding carboxylic acids is 2. The molecule has 6 heteroatoms. The van der Waals surface area contributed by atoms with Crippen molar-refractivity contribution < 1.29 is 14.0 Å². The van der Waals surface area contributed by atoms with E-state index >= 15 is 0 Å². The van der Waals surface area contributed by atoms with Gasteiger partial charge in [-0.3, -0.25) is 9.59 Å². The van der Waals surface area contributed by atoms with Crippen LogP contribution in [0.3, 0.4) is 0 Å². The lowest BCUT2D eigenvalue weighted by atomic mass is 10.0. The monoisotopic (exact) mass is 431 g/mol. The van der Waals surface area contributed by atoms with Crippen LogP contribution in [0.25, 0.3) is 0 Å². The first-order valence-corrected chi connectivity index (χ1v) is 10.8. The van der Waals surface area contributed by atoms with Crippen LogP contribution in [0.15, 0.2) is 72.8 Å². The first-order valence-electron chi connectivity index (χ1n) is 10.8. The maximum Gasteiger partial charge on any atom is 0.251 e. The van der Waals surface area contributed by atoms with E-state index in [1.165, 1.54) is 6.07 Å². The number of amides is 2. The Morgan fingerprint density at radius 2 is 1.72 bits per heavy atom. The number of carbonyl (C=O) groups is 2. The van der Waals surface area contributed by atoms with Gasteiger partial charge in [0.1, 0.15) is 11.9 Å². The molecule has 0 aromatic heterocycles. The van der Waals surface area contributed by atoms with Gasteiger partial charge >= 0.3 is 0 Å². The second-order valence-corrected chi connectivity index (χ2v) is 7.96. The van der Waals surface area contributed by atoms with Crippen LogP contribution < -0.4 is 15.5 Å². The van der Waals surface area contributed by atoms with Crippen LogP contribution in [0.1, 0.15) is 36.4 Å². The van der Waals surface area contributed by atoms with Crippen molar-refractivity contribution in [2.24, 2.45) is 0 Å². The standard InChI is InChI=1S/C26H26FN3O2/c1-18-17-20(14-15-23(18)30-16-8-7-13-24(30)31)29-26(32)25(21-11-5-6-12-22(21)27)28-19-9-3-2-4-10-19/h2-6,9-12,14-15,17,25,28H,7-8,13,16H2,1H3,(H,29,32). The summed E-state index contributed by atoms with van der Waals surface area (Å²) in [6, 6.07) is 20.1. The molecule has 3 aromatic carbocycles. The second kappa shape index (κ2) is 9.64. The van der Waals surface area contributed by atoms with Gasteiger partial charge in [0.15, 0.2) is 0 Å². The molecular formula is C26H26FN3O2. The number of rotatable bonds is 6. The summed E-state index contributed by atoms with van der Waals surface area (Å²) in [5.41, 5.74) is 3.33. The summed E-state index contributed by atoms with van der Waals surface area (Å²) >= 11 is 0. The van der Waals surface area contributed by atoms with E-state index in [0.29, 0.717) is 24.3 Å². The molecular weight excluding hydrogens is 405 g/mol. The van der Waals surface area contributed by atoms with Gasteiger partial charge in [-0.15, -0.1) is 0 Å². The fraction of sp³-hybridized carbons (Fsp3) is 0.231. The lowest BCUT2D eigenvalue weighted by Gasteiger charge is -2.28. The van der Waals surface area contributed by atoms with E-state index in [-0.39, 0.29) is 17.4 Å². The lowest BCUT2D eigenvalue weighted by Crippen LogP contribution is -2.35. The Hall–Kier alpha value is -3.67. The minimum Gasteiger partial charge on any atom is -0.370 e. The highest BCUT2D eigenvalue weighted by Crippen LogP contribution is 2.28. The zero-order valence-corrected chi connectivity index (χ0v) is 18.0. The van der Waals surface area contributed by atoms with Gasteiger partial charge in [0.2, 0.25) is 5.91 Å². The van der Waals surface area contributed by atoms with Crippen LogP contribution in [-0.2, 0) is 9.59 Å². The molecule has 1 unspecified atom stereocenters.